The third-order valence-electron chi connectivity index (χ3n) is 3.09. The summed E-state index contributed by atoms with van der Waals surface area (Å²) < 4.78 is 29.0. The Balaban J connectivity index is 4.98. The predicted molar refractivity (Wildman–Crippen MR) is 84.2 cm³/mol. The standard InChI is InChI=1S/C10H25IO5Si2/c1-10(7-11)8-17(12-2,13-3)9-18(14-4,15-5)16-6/h10H,7-9H2,1-6H3. The predicted octanol–water partition coefficient (Wildman–Crippen LogP) is 2.21. The zero-order valence-electron chi connectivity index (χ0n) is 12.1. The maximum atomic E-state index is 5.73. The van der Waals surface area contributed by atoms with E-state index in [4.69, 9.17) is 22.1 Å². The van der Waals surface area contributed by atoms with Crippen molar-refractivity contribution in [2.75, 3.05) is 40.0 Å². The monoisotopic (exact) mass is 408 g/mol. The molecule has 0 aliphatic carbocycles. The molecule has 0 spiro atoms. The molecule has 0 aromatic carbocycles. The number of hydrogen-bond donors (Lipinski definition) is 0. The van der Waals surface area contributed by atoms with E-state index < -0.39 is 17.4 Å². The topological polar surface area (TPSA) is 46.2 Å². The Labute approximate surface area is 126 Å². The molecule has 0 rings (SSSR count). The lowest BCUT2D eigenvalue weighted by Crippen LogP contribution is -2.55. The van der Waals surface area contributed by atoms with Crippen molar-refractivity contribution in [3.8, 4) is 0 Å². The van der Waals surface area contributed by atoms with E-state index in [0.29, 0.717) is 11.6 Å². The fourth-order valence-corrected chi connectivity index (χ4v) is 11.1. The molecule has 0 N–H and O–H groups in total. The van der Waals surface area contributed by atoms with Crippen LogP contribution >= 0.6 is 22.6 Å². The van der Waals surface area contributed by atoms with Crippen LogP contribution in [0.5, 0.6) is 0 Å². The highest BCUT2D eigenvalue weighted by molar-refractivity contribution is 14.1. The van der Waals surface area contributed by atoms with Crippen molar-refractivity contribution in [3.63, 3.8) is 0 Å². The van der Waals surface area contributed by atoms with Crippen LogP contribution in [-0.2, 0) is 22.1 Å². The Kier molecular flexibility index (Phi) is 9.48. The van der Waals surface area contributed by atoms with Gasteiger partial charge < -0.3 is 22.1 Å². The average molecular weight is 408 g/mol. The lowest BCUT2D eigenvalue weighted by Gasteiger charge is -2.35. The molecule has 0 fully saturated rings. The van der Waals surface area contributed by atoms with Crippen LogP contribution in [0.1, 0.15) is 6.92 Å². The van der Waals surface area contributed by atoms with Crippen molar-refractivity contribution in [2.24, 2.45) is 5.92 Å². The Morgan fingerprint density at radius 1 is 0.889 bits per heavy atom. The summed E-state index contributed by atoms with van der Waals surface area (Å²) in [6.07, 6.45) is 0. The highest BCUT2D eigenvalue weighted by Crippen LogP contribution is 2.29. The zero-order valence-corrected chi connectivity index (χ0v) is 16.3. The largest absolute Gasteiger partial charge is 0.502 e. The highest BCUT2D eigenvalue weighted by atomic mass is 127. The first-order chi connectivity index (χ1) is 8.46. The second-order valence-electron chi connectivity index (χ2n) is 4.25. The van der Waals surface area contributed by atoms with Crippen LogP contribution < -0.4 is 0 Å². The normalized spacial score (nSPS) is 14.8. The molecule has 1 unspecified atom stereocenters. The van der Waals surface area contributed by atoms with Crippen molar-refractivity contribution in [2.45, 2.75) is 18.6 Å². The fraction of sp³-hybridized carbons (Fsp3) is 1.00. The first-order valence-corrected chi connectivity index (χ1v) is 11.5. The van der Waals surface area contributed by atoms with Gasteiger partial charge in [0.1, 0.15) is 0 Å². The smallest absolute Gasteiger partial charge is 0.398 e. The molecule has 0 aromatic rings. The quantitative estimate of drug-likeness (QED) is 0.315. The van der Waals surface area contributed by atoms with E-state index in [-0.39, 0.29) is 0 Å². The van der Waals surface area contributed by atoms with Gasteiger partial charge in [0, 0.05) is 40.0 Å². The Morgan fingerprint density at radius 3 is 1.61 bits per heavy atom. The van der Waals surface area contributed by atoms with Gasteiger partial charge in [-0.15, -0.1) is 0 Å². The molecular formula is C10H25IO5Si2. The van der Waals surface area contributed by atoms with Gasteiger partial charge >= 0.3 is 17.4 Å². The van der Waals surface area contributed by atoms with E-state index in [1.807, 2.05) is 0 Å². The van der Waals surface area contributed by atoms with Gasteiger partial charge in [-0.25, -0.2) is 0 Å². The van der Waals surface area contributed by atoms with Crippen molar-refractivity contribution in [3.05, 3.63) is 0 Å². The van der Waals surface area contributed by atoms with Crippen LogP contribution in [0.2, 0.25) is 11.7 Å². The third kappa shape index (κ3) is 5.15. The van der Waals surface area contributed by atoms with Crippen molar-refractivity contribution in [1.29, 1.82) is 0 Å². The minimum atomic E-state index is -2.67. The maximum absolute atomic E-state index is 5.73. The van der Waals surface area contributed by atoms with E-state index in [1.54, 1.807) is 35.5 Å². The average Bonchev–Trinajstić information content (AvgIpc) is 2.43. The van der Waals surface area contributed by atoms with E-state index in [9.17, 15) is 0 Å². The summed E-state index contributed by atoms with van der Waals surface area (Å²) >= 11 is 2.38. The molecule has 0 aromatic heterocycles. The fourth-order valence-electron chi connectivity index (χ4n) is 1.85. The summed E-state index contributed by atoms with van der Waals surface area (Å²) in [5.74, 6) is 0.537. The van der Waals surface area contributed by atoms with Gasteiger partial charge in [0.2, 0.25) is 0 Å². The van der Waals surface area contributed by atoms with Gasteiger partial charge in [0.25, 0.3) is 0 Å². The molecular weight excluding hydrogens is 383 g/mol. The van der Waals surface area contributed by atoms with Gasteiger partial charge in [-0.2, -0.15) is 0 Å². The third-order valence-corrected chi connectivity index (χ3v) is 13.1. The summed E-state index contributed by atoms with van der Waals surface area (Å²) in [5, 5.41) is 0. The lowest BCUT2D eigenvalue weighted by molar-refractivity contribution is 0.122. The van der Waals surface area contributed by atoms with Crippen LogP contribution in [0.3, 0.4) is 0 Å². The molecule has 8 heteroatoms. The molecule has 0 saturated heterocycles. The van der Waals surface area contributed by atoms with Gasteiger partial charge in [-0.1, -0.05) is 29.5 Å². The second-order valence-corrected chi connectivity index (χ2v) is 12.2. The first-order valence-electron chi connectivity index (χ1n) is 5.78. The Hall–Kier alpha value is 0.964. The molecule has 0 aliphatic heterocycles. The molecule has 18 heavy (non-hydrogen) atoms. The first kappa shape index (κ1) is 19.0. The molecule has 0 amide bonds. The van der Waals surface area contributed by atoms with E-state index in [1.165, 1.54) is 0 Å². The molecule has 1 atom stereocenters. The zero-order chi connectivity index (χ0) is 14.2. The summed E-state index contributed by atoms with van der Waals surface area (Å²) in [6.45, 7) is 2.20. The van der Waals surface area contributed by atoms with Gasteiger partial charge in [-0.3, -0.25) is 0 Å². The van der Waals surface area contributed by atoms with Gasteiger partial charge in [0.05, 0.1) is 5.67 Å². The number of halogens is 1. The van der Waals surface area contributed by atoms with E-state index in [2.05, 4.69) is 29.5 Å². The van der Waals surface area contributed by atoms with Gasteiger partial charge in [0.15, 0.2) is 0 Å². The molecule has 110 valence electrons. The molecule has 0 saturated carbocycles. The number of hydrogen-bond acceptors (Lipinski definition) is 5. The molecule has 0 radical (unpaired) electrons. The number of rotatable bonds is 10. The lowest BCUT2D eigenvalue weighted by atomic mass is 10.3. The Bertz CT molecular complexity index is 216. The SMILES string of the molecule is CO[Si](CC(C)CI)(C[Si](OC)(OC)OC)OC. The summed E-state index contributed by atoms with van der Waals surface area (Å²) in [7, 11) is 3.25. The highest BCUT2D eigenvalue weighted by Gasteiger charge is 2.51. The summed E-state index contributed by atoms with van der Waals surface area (Å²) in [5.41, 5.74) is 0.609. The minimum absolute atomic E-state index is 0.537. The van der Waals surface area contributed by atoms with Crippen LogP contribution in [0, 0.1) is 5.92 Å². The van der Waals surface area contributed by atoms with Crippen LogP contribution in [-0.4, -0.2) is 57.3 Å². The maximum Gasteiger partial charge on any atom is 0.502 e. The van der Waals surface area contributed by atoms with Crippen LogP contribution in [0.4, 0.5) is 0 Å². The van der Waals surface area contributed by atoms with Gasteiger partial charge in [-0.05, 0) is 12.0 Å². The molecule has 0 aliphatic rings. The Morgan fingerprint density at radius 2 is 1.33 bits per heavy atom. The van der Waals surface area contributed by atoms with E-state index in [0.717, 1.165) is 10.5 Å². The van der Waals surface area contributed by atoms with Crippen molar-refractivity contribution in [1.82, 2.24) is 0 Å². The summed E-state index contributed by atoms with van der Waals surface area (Å²) in [6, 6.07) is 0.910. The van der Waals surface area contributed by atoms with Crippen LogP contribution in [0.15, 0.2) is 0 Å². The molecule has 0 bridgehead atoms. The summed E-state index contributed by atoms with van der Waals surface area (Å²) in [4.78, 5) is 0. The van der Waals surface area contributed by atoms with Crippen molar-refractivity contribution >= 4 is 40.0 Å². The second kappa shape index (κ2) is 9.00. The van der Waals surface area contributed by atoms with E-state index >= 15 is 0 Å². The minimum Gasteiger partial charge on any atom is -0.398 e. The molecule has 5 nitrogen and oxygen atoms in total. The van der Waals surface area contributed by atoms with Crippen molar-refractivity contribution < 1.29 is 22.1 Å². The van der Waals surface area contributed by atoms with Crippen LogP contribution in [0.25, 0.3) is 0 Å². The number of alkyl halides is 1. The molecule has 0 heterocycles.